The predicted molar refractivity (Wildman–Crippen MR) is 76.1 cm³/mol. The molecule has 0 bridgehead atoms. The molecule has 1 aromatic heterocycles. The van der Waals surface area contributed by atoms with Crippen LogP contribution >= 0.6 is 23.2 Å². The van der Waals surface area contributed by atoms with Crippen LogP contribution in [0.3, 0.4) is 0 Å². The van der Waals surface area contributed by atoms with Crippen LogP contribution in [0, 0.1) is 0 Å². The van der Waals surface area contributed by atoms with Crippen molar-refractivity contribution < 1.29 is 4.79 Å². The fraction of sp³-hybridized carbons (Fsp3) is 0.308. The van der Waals surface area contributed by atoms with Gasteiger partial charge in [0.1, 0.15) is 12.2 Å². The van der Waals surface area contributed by atoms with Crippen LogP contribution in [0.15, 0.2) is 24.5 Å². The van der Waals surface area contributed by atoms with Crippen molar-refractivity contribution in [2.45, 2.75) is 13.1 Å². The molecule has 0 fully saturated rings. The summed E-state index contributed by atoms with van der Waals surface area (Å²) in [4.78, 5) is 14.3. The third-order valence-corrected chi connectivity index (χ3v) is 3.88. The van der Waals surface area contributed by atoms with Gasteiger partial charge in [0, 0.05) is 23.7 Å². The Morgan fingerprint density at radius 3 is 3.00 bits per heavy atom. The highest BCUT2D eigenvalue weighted by molar-refractivity contribution is 6.36. The van der Waals surface area contributed by atoms with Crippen LogP contribution in [0.4, 0.5) is 0 Å². The fourth-order valence-corrected chi connectivity index (χ4v) is 2.65. The number of nitrogens with zero attached hydrogens (tertiary/aromatic N) is 4. The van der Waals surface area contributed by atoms with E-state index in [-0.39, 0.29) is 5.78 Å². The van der Waals surface area contributed by atoms with Gasteiger partial charge in [-0.1, -0.05) is 23.2 Å². The first kappa shape index (κ1) is 13.5. The van der Waals surface area contributed by atoms with E-state index in [9.17, 15) is 4.79 Å². The van der Waals surface area contributed by atoms with Crippen LogP contribution in [0.2, 0.25) is 10.0 Å². The highest BCUT2D eigenvalue weighted by atomic mass is 35.5. The number of ketones is 1. The van der Waals surface area contributed by atoms with Gasteiger partial charge in [-0.25, -0.2) is 0 Å². The number of hydrogen-bond donors (Lipinski definition) is 0. The third-order valence-electron chi connectivity index (χ3n) is 3.31. The standard InChI is InChI=1S/C13H12Cl2N4O/c14-9-1-2-11(15)10(5-9)12(20)6-18-3-4-19-8-16-17-13(19)7-18/h1-2,5,8H,3-4,6-7H2. The molecule has 1 aliphatic heterocycles. The Morgan fingerprint density at radius 2 is 2.15 bits per heavy atom. The van der Waals surface area contributed by atoms with E-state index in [1.807, 2.05) is 9.47 Å². The zero-order valence-corrected chi connectivity index (χ0v) is 12.1. The number of benzene rings is 1. The van der Waals surface area contributed by atoms with Crippen molar-refractivity contribution in [1.29, 1.82) is 0 Å². The number of aromatic nitrogens is 3. The molecule has 0 N–H and O–H groups in total. The quantitative estimate of drug-likeness (QED) is 0.816. The van der Waals surface area contributed by atoms with E-state index in [1.165, 1.54) is 0 Å². The number of halogens is 2. The van der Waals surface area contributed by atoms with Crippen molar-refractivity contribution >= 4 is 29.0 Å². The Bertz CT molecular complexity index is 656. The summed E-state index contributed by atoms with van der Waals surface area (Å²) >= 11 is 12.0. The molecule has 2 heterocycles. The van der Waals surface area contributed by atoms with E-state index in [1.54, 1.807) is 24.5 Å². The summed E-state index contributed by atoms with van der Waals surface area (Å²) in [7, 11) is 0. The highest BCUT2D eigenvalue weighted by Gasteiger charge is 2.21. The second-order valence-corrected chi connectivity index (χ2v) is 5.54. The predicted octanol–water partition coefficient (Wildman–Crippen LogP) is 2.28. The molecule has 0 saturated carbocycles. The average molecular weight is 311 g/mol. The SMILES string of the molecule is O=C(CN1CCn2cnnc2C1)c1cc(Cl)ccc1Cl. The topological polar surface area (TPSA) is 51.0 Å². The molecule has 0 radical (unpaired) electrons. The van der Waals surface area contributed by atoms with Gasteiger partial charge in [0.05, 0.1) is 18.1 Å². The van der Waals surface area contributed by atoms with Gasteiger partial charge in [0.15, 0.2) is 5.78 Å². The minimum absolute atomic E-state index is 0.0366. The molecule has 0 atom stereocenters. The van der Waals surface area contributed by atoms with Gasteiger partial charge in [-0.05, 0) is 18.2 Å². The van der Waals surface area contributed by atoms with E-state index in [2.05, 4.69) is 10.2 Å². The third kappa shape index (κ3) is 2.70. The maximum atomic E-state index is 12.3. The minimum atomic E-state index is -0.0366. The van der Waals surface area contributed by atoms with Crippen LogP contribution in [-0.4, -0.2) is 38.5 Å². The molecule has 20 heavy (non-hydrogen) atoms. The lowest BCUT2D eigenvalue weighted by molar-refractivity contribution is 0.0908. The van der Waals surface area contributed by atoms with Gasteiger partial charge in [0.2, 0.25) is 0 Å². The van der Waals surface area contributed by atoms with Gasteiger partial charge in [-0.3, -0.25) is 9.69 Å². The molecule has 0 unspecified atom stereocenters. The Balaban J connectivity index is 1.72. The molecule has 2 aromatic rings. The second-order valence-electron chi connectivity index (χ2n) is 4.70. The van der Waals surface area contributed by atoms with Crippen LogP contribution < -0.4 is 0 Å². The molecule has 0 aliphatic carbocycles. The van der Waals surface area contributed by atoms with Gasteiger partial charge in [-0.15, -0.1) is 10.2 Å². The van der Waals surface area contributed by atoms with Gasteiger partial charge in [0.25, 0.3) is 0 Å². The molecule has 0 amide bonds. The molecule has 0 saturated heterocycles. The summed E-state index contributed by atoms with van der Waals surface area (Å²) < 4.78 is 1.99. The normalized spacial score (nSPS) is 15.1. The van der Waals surface area contributed by atoms with Crippen LogP contribution in [0.1, 0.15) is 16.2 Å². The van der Waals surface area contributed by atoms with Gasteiger partial charge >= 0.3 is 0 Å². The first-order chi connectivity index (χ1) is 9.63. The van der Waals surface area contributed by atoms with Crippen molar-refractivity contribution in [3.63, 3.8) is 0 Å². The molecule has 3 rings (SSSR count). The molecule has 5 nitrogen and oxygen atoms in total. The molecular weight excluding hydrogens is 299 g/mol. The molecule has 1 aliphatic rings. The first-order valence-corrected chi connectivity index (χ1v) is 6.96. The van der Waals surface area contributed by atoms with E-state index in [0.717, 1.165) is 18.9 Å². The highest BCUT2D eigenvalue weighted by Crippen LogP contribution is 2.22. The zero-order valence-electron chi connectivity index (χ0n) is 10.6. The van der Waals surface area contributed by atoms with Crippen LogP contribution in [0.25, 0.3) is 0 Å². The summed E-state index contributed by atoms with van der Waals surface area (Å²) in [6.45, 7) is 2.49. The van der Waals surface area contributed by atoms with Crippen LogP contribution in [-0.2, 0) is 13.1 Å². The molecular formula is C13H12Cl2N4O. The summed E-state index contributed by atoms with van der Waals surface area (Å²) in [5, 5.41) is 8.84. The number of rotatable bonds is 3. The Labute approximate surface area is 126 Å². The Morgan fingerprint density at radius 1 is 1.30 bits per heavy atom. The van der Waals surface area contributed by atoms with Crippen LogP contribution in [0.5, 0.6) is 0 Å². The smallest absolute Gasteiger partial charge is 0.178 e. The zero-order chi connectivity index (χ0) is 14.1. The summed E-state index contributed by atoms with van der Waals surface area (Å²) in [5.41, 5.74) is 0.464. The maximum Gasteiger partial charge on any atom is 0.178 e. The molecule has 0 spiro atoms. The molecule has 104 valence electrons. The fourth-order valence-electron chi connectivity index (χ4n) is 2.25. The molecule has 1 aromatic carbocycles. The van der Waals surface area contributed by atoms with Crippen molar-refractivity contribution in [2.75, 3.05) is 13.1 Å². The number of hydrogen-bond acceptors (Lipinski definition) is 4. The first-order valence-electron chi connectivity index (χ1n) is 6.21. The van der Waals surface area contributed by atoms with E-state index < -0.39 is 0 Å². The number of Topliss-reactive ketones (excluding diaryl/α,β-unsaturated/α-hetero) is 1. The summed E-state index contributed by atoms with van der Waals surface area (Å²) in [5.74, 6) is 0.840. The minimum Gasteiger partial charge on any atom is -0.315 e. The monoisotopic (exact) mass is 310 g/mol. The van der Waals surface area contributed by atoms with E-state index >= 15 is 0 Å². The van der Waals surface area contributed by atoms with Crippen molar-refractivity contribution in [1.82, 2.24) is 19.7 Å². The lowest BCUT2D eigenvalue weighted by Crippen LogP contribution is -2.37. The van der Waals surface area contributed by atoms with Gasteiger partial charge in [-0.2, -0.15) is 0 Å². The van der Waals surface area contributed by atoms with E-state index in [0.29, 0.717) is 28.7 Å². The average Bonchev–Trinajstić information content (AvgIpc) is 2.89. The Hall–Kier alpha value is -1.43. The number of fused-ring (bicyclic) bond motifs is 1. The number of carbonyl (C=O) groups excluding carboxylic acids is 1. The van der Waals surface area contributed by atoms with Crippen molar-refractivity contribution in [2.24, 2.45) is 0 Å². The van der Waals surface area contributed by atoms with E-state index in [4.69, 9.17) is 23.2 Å². The number of carbonyl (C=O) groups is 1. The van der Waals surface area contributed by atoms with Crippen molar-refractivity contribution in [3.05, 3.63) is 46.0 Å². The summed E-state index contributed by atoms with van der Waals surface area (Å²) in [6.07, 6.45) is 1.71. The van der Waals surface area contributed by atoms with Crippen molar-refractivity contribution in [3.8, 4) is 0 Å². The van der Waals surface area contributed by atoms with Gasteiger partial charge < -0.3 is 4.57 Å². The lowest BCUT2D eigenvalue weighted by Gasteiger charge is -2.26. The second kappa shape index (κ2) is 5.52. The maximum absolute atomic E-state index is 12.3. The lowest BCUT2D eigenvalue weighted by atomic mass is 10.1. The molecule has 7 heteroatoms. The largest absolute Gasteiger partial charge is 0.315 e. The summed E-state index contributed by atoms with van der Waals surface area (Å²) in [6, 6.07) is 4.92. The Kier molecular flexibility index (Phi) is 3.74.